The number of benzene rings is 2. The SMILES string of the molecule is C[C@H](OC[C@@H](O)CNC(=O)c1cccc2cc[nH]c12)c1ccccc1. The van der Waals surface area contributed by atoms with E-state index in [1.54, 1.807) is 12.3 Å². The van der Waals surface area contributed by atoms with E-state index in [0.717, 1.165) is 16.5 Å². The molecule has 0 saturated carbocycles. The molecule has 5 nitrogen and oxygen atoms in total. The van der Waals surface area contributed by atoms with Gasteiger partial charge in [0.1, 0.15) is 0 Å². The van der Waals surface area contributed by atoms with Gasteiger partial charge < -0.3 is 20.1 Å². The molecular weight excluding hydrogens is 316 g/mol. The van der Waals surface area contributed by atoms with Crippen LogP contribution in [0.15, 0.2) is 60.8 Å². The van der Waals surface area contributed by atoms with Crippen LogP contribution < -0.4 is 5.32 Å². The number of carbonyl (C=O) groups is 1. The third-order valence-electron chi connectivity index (χ3n) is 4.14. The Kier molecular flexibility index (Phi) is 5.48. The summed E-state index contributed by atoms with van der Waals surface area (Å²) in [6, 6.07) is 17.3. The number of ether oxygens (including phenoxy) is 1. The molecule has 3 rings (SSSR count). The minimum absolute atomic E-state index is 0.112. The summed E-state index contributed by atoms with van der Waals surface area (Å²) >= 11 is 0. The topological polar surface area (TPSA) is 74.3 Å². The summed E-state index contributed by atoms with van der Waals surface area (Å²) in [5.41, 5.74) is 2.41. The Bertz CT molecular complexity index is 829. The van der Waals surface area contributed by atoms with E-state index in [1.807, 2.05) is 55.5 Å². The zero-order chi connectivity index (χ0) is 17.6. The fourth-order valence-corrected chi connectivity index (χ4v) is 2.71. The maximum atomic E-state index is 12.3. The molecule has 5 heteroatoms. The normalized spacial score (nSPS) is 13.5. The number of hydrogen-bond acceptors (Lipinski definition) is 3. The molecule has 1 heterocycles. The van der Waals surface area contributed by atoms with Crippen LogP contribution in [0, 0.1) is 0 Å². The van der Waals surface area contributed by atoms with Gasteiger partial charge in [-0.3, -0.25) is 4.79 Å². The van der Waals surface area contributed by atoms with Crippen molar-refractivity contribution in [2.75, 3.05) is 13.2 Å². The van der Waals surface area contributed by atoms with Gasteiger partial charge in [-0.25, -0.2) is 0 Å². The Morgan fingerprint density at radius 1 is 1.16 bits per heavy atom. The zero-order valence-electron chi connectivity index (χ0n) is 14.1. The molecule has 0 aliphatic rings. The predicted octanol–water partition coefficient (Wildman–Crippen LogP) is 3.04. The summed E-state index contributed by atoms with van der Waals surface area (Å²) < 4.78 is 5.68. The Morgan fingerprint density at radius 2 is 1.96 bits per heavy atom. The molecule has 3 aromatic rings. The fourth-order valence-electron chi connectivity index (χ4n) is 2.71. The fraction of sp³-hybridized carbons (Fsp3) is 0.250. The summed E-state index contributed by atoms with van der Waals surface area (Å²) in [6.07, 6.45) is 0.923. The van der Waals surface area contributed by atoms with Crippen molar-refractivity contribution in [1.82, 2.24) is 10.3 Å². The van der Waals surface area contributed by atoms with Crippen LogP contribution in [0.1, 0.15) is 28.9 Å². The van der Waals surface area contributed by atoms with Crippen LogP contribution in [0.3, 0.4) is 0 Å². The van der Waals surface area contributed by atoms with Crippen LogP contribution in [0.2, 0.25) is 0 Å². The zero-order valence-corrected chi connectivity index (χ0v) is 14.1. The lowest BCUT2D eigenvalue weighted by Crippen LogP contribution is -2.34. The van der Waals surface area contributed by atoms with Gasteiger partial charge in [-0.05, 0) is 24.6 Å². The monoisotopic (exact) mass is 338 g/mol. The quantitative estimate of drug-likeness (QED) is 0.620. The van der Waals surface area contributed by atoms with Crippen LogP contribution >= 0.6 is 0 Å². The highest BCUT2D eigenvalue weighted by atomic mass is 16.5. The van der Waals surface area contributed by atoms with Gasteiger partial charge >= 0.3 is 0 Å². The number of aromatic nitrogens is 1. The van der Waals surface area contributed by atoms with E-state index >= 15 is 0 Å². The first kappa shape index (κ1) is 17.2. The van der Waals surface area contributed by atoms with Crippen molar-refractivity contribution in [3.05, 3.63) is 71.9 Å². The first-order chi connectivity index (χ1) is 12.1. The van der Waals surface area contributed by atoms with Crippen LogP contribution in [0.4, 0.5) is 0 Å². The van der Waals surface area contributed by atoms with E-state index in [4.69, 9.17) is 4.74 Å². The summed E-state index contributed by atoms with van der Waals surface area (Å²) in [7, 11) is 0. The maximum absolute atomic E-state index is 12.3. The van der Waals surface area contributed by atoms with Crippen LogP contribution in [0.5, 0.6) is 0 Å². The number of nitrogens with one attached hydrogen (secondary N) is 2. The highest BCUT2D eigenvalue weighted by Gasteiger charge is 2.14. The Morgan fingerprint density at radius 3 is 2.76 bits per heavy atom. The lowest BCUT2D eigenvalue weighted by molar-refractivity contribution is -0.00170. The maximum Gasteiger partial charge on any atom is 0.253 e. The van der Waals surface area contributed by atoms with E-state index in [2.05, 4.69) is 10.3 Å². The van der Waals surface area contributed by atoms with Crippen LogP contribution in [-0.2, 0) is 4.74 Å². The Labute approximate surface area is 146 Å². The predicted molar refractivity (Wildman–Crippen MR) is 97.4 cm³/mol. The largest absolute Gasteiger partial charge is 0.389 e. The van der Waals surface area contributed by atoms with Gasteiger partial charge in [0.25, 0.3) is 5.91 Å². The summed E-state index contributed by atoms with van der Waals surface area (Å²) in [5, 5.41) is 13.8. The van der Waals surface area contributed by atoms with Gasteiger partial charge in [0.05, 0.1) is 29.9 Å². The van der Waals surface area contributed by atoms with Gasteiger partial charge in [0.15, 0.2) is 0 Å². The third kappa shape index (κ3) is 4.26. The van der Waals surface area contributed by atoms with Crippen molar-refractivity contribution < 1.29 is 14.6 Å². The van der Waals surface area contributed by atoms with Crippen LogP contribution in [-0.4, -0.2) is 35.3 Å². The Balaban J connectivity index is 1.49. The second-order valence-electron chi connectivity index (χ2n) is 6.00. The molecule has 1 amide bonds. The van der Waals surface area contributed by atoms with Gasteiger partial charge in [-0.2, -0.15) is 0 Å². The van der Waals surface area contributed by atoms with Gasteiger partial charge in [0.2, 0.25) is 0 Å². The van der Waals surface area contributed by atoms with E-state index in [0.29, 0.717) is 5.56 Å². The standard InChI is InChI=1S/C20H22N2O3/c1-14(15-6-3-2-4-7-15)25-13-17(23)12-22-20(24)18-9-5-8-16-10-11-21-19(16)18/h2-11,14,17,21,23H,12-13H2,1H3,(H,22,24)/t14-,17-/m0/s1. The van der Waals surface area contributed by atoms with Crippen molar-refractivity contribution in [1.29, 1.82) is 0 Å². The minimum Gasteiger partial charge on any atom is -0.389 e. The Hall–Kier alpha value is -2.63. The first-order valence-corrected chi connectivity index (χ1v) is 8.34. The van der Waals surface area contributed by atoms with Crippen molar-refractivity contribution in [2.24, 2.45) is 0 Å². The molecule has 3 N–H and O–H groups in total. The average Bonchev–Trinajstić information content (AvgIpc) is 3.13. The van der Waals surface area contributed by atoms with Gasteiger partial charge in [-0.15, -0.1) is 0 Å². The molecule has 130 valence electrons. The summed E-state index contributed by atoms with van der Waals surface area (Å²) in [5.74, 6) is -0.219. The molecule has 0 bridgehead atoms. The molecule has 2 aromatic carbocycles. The van der Waals surface area contributed by atoms with Crippen molar-refractivity contribution >= 4 is 16.8 Å². The molecule has 0 unspecified atom stereocenters. The lowest BCUT2D eigenvalue weighted by Gasteiger charge is -2.17. The molecule has 25 heavy (non-hydrogen) atoms. The minimum atomic E-state index is -0.766. The number of rotatable bonds is 7. The third-order valence-corrected chi connectivity index (χ3v) is 4.14. The smallest absolute Gasteiger partial charge is 0.253 e. The van der Waals surface area contributed by atoms with E-state index < -0.39 is 6.10 Å². The molecule has 0 aliphatic heterocycles. The number of hydrogen-bond donors (Lipinski definition) is 3. The molecule has 0 fully saturated rings. The number of aromatic amines is 1. The van der Waals surface area contributed by atoms with Crippen LogP contribution in [0.25, 0.3) is 10.9 Å². The lowest BCUT2D eigenvalue weighted by atomic mass is 10.1. The van der Waals surface area contributed by atoms with Gasteiger partial charge in [-0.1, -0.05) is 42.5 Å². The summed E-state index contributed by atoms with van der Waals surface area (Å²) in [4.78, 5) is 15.4. The molecule has 0 spiro atoms. The van der Waals surface area contributed by atoms with Crippen molar-refractivity contribution in [3.8, 4) is 0 Å². The second kappa shape index (κ2) is 7.96. The highest BCUT2D eigenvalue weighted by molar-refractivity contribution is 6.05. The van der Waals surface area contributed by atoms with E-state index in [9.17, 15) is 9.90 Å². The number of H-pyrrole nitrogens is 1. The molecule has 0 saturated heterocycles. The highest BCUT2D eigenvalue weighted by Crippen LogP contribution is 2.17. The molecule has 2 atom stereocenters. The number of fused-ring (bicyclic) bond motifs is 1. The number of aliphatic hydroxyl groups is 1. The number of carbonyl (C=O) groups excluding carboxylic acids is 1. The molecular formula is C20H22N2O3. The number of aliphatic hydroxyl groups excluding tert-OH is 1. The number of amides is 1. The van der Waals surface area contributed by atoms with Crippen molar-refractivity contribution in [3.63, 3.8) is 0 Å². The summed E-state index contributed by atoms with van der Waals surface area (Å²) in [6.45, 7) is 2.23. The average molecular weight is 338 g/mol. The molecule has 0 aliphatic carbocycles. The van der Waals surface area contributed by atoms with E-state index in [1.165, 1.54) is 0 Å². The second-order valence-corrected chi connectivity index (χ2v) is 6.00. The van der Waals surface area contributed by atoms with Crippen molar-refractivity contribution in [2.45, 2.75) is 19.1 Å². The first-order valence-electron chi connectivity index (χ1n) is 8.34. The van der Waals surface area contributed by atoms with Gasteiger partial charge in [0, 0.05) is 18.1 Å². The number of para-hydroxylation sites is 1. The van der Waals surface area contributed by atoms with E-state index in [-0.39, 0.29) is 25.2 Å². The molecule has 0 radical (unpaired) electrons. The molecule has 1 aromatic heterocycles.